The van der Waals surface area contributed by atoms with Crippen molar-refractivity contribution >= 4 is 5.91 Å². The van der Waals surface area contributed by atoms with Gasteiger partial charge >= 0.3 is 0 Å². The predicted octanol–water partition coefficient (Wildman–Crippen LogP) is -1.69. The zero-order valence-corrected chi connectivity index (χ0v) is 8.21. The number of nitrogens with one attached hydrogen (secondary N) is 1. The van der Waals surface area contributed by atoms with Gasteiger partial charge < -0.3 is 15.5 Å². The first-order chi connectivity index (χ1) is 6.43. The van der Waals surface area contributed by atoms with Gasteiger partial charge in [-0.1, -0.05) is 0 Å². The third-order valence-corrected chi connectivity index (χ3v) is 2.48. The summed E-state index contributed by atoms with van der Waals surface area (Å²) in [5.41, 5.74) is 0. The molecule has 1 fully saturated rings. The molecule has 0 spiro atoms. The standard InChI is InChI=1S/C8H16N2O4/c1-4-7(12)8(13)6(9-4)3-10(14)5(2)11/h4,6-9,12-14H,3H2,1-2H3/t4-,6+,7+,8+/m0/s1. The van der Waals surface area contributed by atoms with Crippen LogP contribution in [-0.2, 0) is 4.79 Å². The van der Waals surface area contributed by atoms with Gasteiger partial charge in [-0.25, -0.2) is 5.06 Å². The molecule has 14 heavy (non-hydrogen) atoms. The molecule has 0 saturated carbocycles. The quantitative estimate of drug-likeness (QED) is 0.318. The number of rotatable bonds is 2. The summed E-state index contributed by atoms with van der Waals surface area (Å²) in [5, 5.41) is 31.4. The second-order valence-electron chi connectivity index (χ2n) is 3.64. The normalized spacial score (nSPS) is 37.2. The van der Waals surface area contributed by atoms with Gasteiger partial charge in [0.05, 0.1) is 24.8 Å². The summed E-state index contributed by atoms with van der Waals surface area (Å²) in [4.78, 5) is 10.7. The van der Waals surface area contributed by atoms with E-state index in [1.807, 2.05) is 0 Å². The van der Waals surface area contributed by atoms with Gasteiger partial charge in [0.1, 0.15) is 0 Å². The maximum Gasteiger partial charge on any atom is 0.242 e. The summed E-state index contributed by atoms with van der Waals surface area (Å²) in [6, 6.07) is -0.732. The van der Waals surface area contributed by atoms with E-state index in [2.05, 4.69) is 5.32 Å². The molecule has 82 valence electrons. The van der Waals surface area contributed by atoms with Crippen molar-refractivity contribution < 1.29 is 20.2 Å². The summed E-state index contributed by atoms with van der Waals surface area (Å²) >= 11 is 0. The van der Waals surface area contributed by atoms with Crippen LogP contribution in [-0.4, -0.2) is 57.2 Å². The first kappa shape index (κ1) is 11.4. The van der Waals surface area contributed by atoms with Crippen molar-refractivity contribution in [1.29, 1.82) is 0 Å². The second kappa shape index (κ2) is 4.22. The highest BCUT2D eigenvalue weighted by atomic mass is 16.5. The first-order valence-corrected chi connectivity index (χ1v) is 4.52. The molecule has 1 rings (SSSR count). The van der Waals surface area contributed by atoms with E-state index in [0.29, 0.717) is 5.06 Å². The maximum absolute atomic E-state index is 10.7. The van der Waals surface area contributed by atoms with Gasteiger partial charge in [-0.2, -0.15) is 0 Å². The Bertz CT molecular complexity index is 223. The highest BCUT2D eigenvalue weighted by Crippen LogP contribution is 2.14. The Labute approximate surface area is 82.1 Å². The highest BCUT2D eigenvalue weighted by molar-refractivity contribution is 5.71. The van der Waals surface area contributed by atoms with E-state index in [0.717, 1.165) is 0 Å². The fraction of sp³-hybridized carbons (Fsp3) is 0.875. The average molecular weight is 204 g/mol. The van der Waals surface area contributed by atoms with Crippen molar-refractivity contribution in [1.82, 2.24) is 10.4 Å². The van der Waals surface area contributed by atoms with Crippen LogP contribution in [0.25, 0.3) is 0 Å². The minimum absolute atomic E-state index is 0.0299. The van der Waals surface area contributed by atoms with E-state index in [9.17, 15) is 15.0 Å². The fourth-order valence-corrected chi connectivity index (χ4v) is 1.54. The zero-order valence-electron chi connectivity index (χ0n) is 8.21. The minimum atomic E-state index is -0.959. The highest BCUT2D eigenvalue weighted by Gasteiger charge is 2.39. The van der Waals surface area contributed by atoms with E-state index < -0.39 is 24.2 Å². The Hall–Kier alpha value is -0.690. The molecule has 0 aromatic carbocycles. The summed E-state index contributed by atoms with van der Waals surface area (Å²) in [6.45, 7) is 2.92. The van der Waals surface area contributed by atoms with Crippen LogP contribution in [0.15, 0.2) is 0 Å². The monoisotopic (exact) mass is 204 g/mol. The zero-order chi connectivity index (χ0) is 10.9. The third kappa shape index (κ3) is 2.21. The Kier molecular flexibility index (Phi) is 3.43. The van der Waals surface area contributed by atoms with Crippen molar-refractivity contribution in [2.75, 3.05) is 6.54 Å². The van der Waals surface area contributed by atoms with Crippen LogP contribution in [0.4, 0.5) is 0 Å². The molecule has 1 amide bonds. The van der Waals surface area contributed by atoms with Crippen LogP contribution in [0.1, 0.15) is 13.8 Å². The number of carbonyl (C=O) groups is 1. The molecule has 1 saturated heterocycles. The van der Waals surface area contributed by atoms with Crippen LogP contribution in [0.3, 0.4) is 0 Å². The van der Waals surface area contributed by atoms with E-state index >= 15 is 0 Å². The molecule has 0 aromatic heterocycles. The Morgan fingerprint density at radius 2 is 2.00 bits per heavy atom. The van der Waals surface area contributed by atoms with Gasteiger partial charge in [0.15, 0.2) is 0 Å². The Balaban J connectivity index is 2.51. The van der Waals surface area contributed by atoms with Crippen LogP contribution in [0, 0.1) is 0 Å². The lowest BCUT2D eigenvalue weighted by Gasteiger charge is -2.20. The first-order valence-electron chi connectivity index (χ1n) is 4.52. The number of aliphatic hydroxyl groups excluding tert-OH is 2. The largest absolute Gasteiger partial charge is 0.389 e. The van der Waals surface area contributed by atoms with Crippen molar-refractivity contribution in [3.63, 3.8) is 0 Å². The molecule has 6 heteroatoms. The third-order valence-electron chi connectivity index (χ3n) is 2.48. The fourth-order valence-electron chi connectivity index (χ4n) is 1.54. The summed E-state index contributed by atoms with van der Waals surface area (Å²) < 4.78 is 0. The maximum atomic E-state index is 10.7. The molecule has 0 unspecified atom stereocenters. The molecule has 0 bridgehead atoms. The van der Waals surface area contributed by atoms with Crippen LogP contribution >= 0.6 is 0 Å². The molecule has 0 aliphatic carbocycles. The van der Waals surface area contributed by atoms with Crippen LogP contribution in [0.2, 0.25) is 0 Å². The summed E-state index contributed by atoms with van der Waals surface area (Å²) in [7, 11) is 0. The molecule has 4 atom stereocenters. The van der Waals surface area contributed by atoms with Gasteiger partial charge in [0.25, 0.3) is 0 Å². The van der Waals surface area contributed by atoms with Gasteiger partial charge in [-0.15, -0.1) is 0 Å². The van der Waals surface area contributed by atoms with Gasteiger partial charge in [0.2, 0.25) is 5.91 Å². The van der Waals surface area contributed by atoms with E-state index in [-0.39, 0.29) is 12.6 Å². The number of nitrogens with zero attached hydrogens (tertiary/aromatic N) is 1. The molecule has 0 radical (unpaired) electrons. The van der Waals surface area contributed by atoms with Crippen molar-refractivity contribution in [3.05, 3.63) is 0 Å². The lowest BCUT2D eigenvalue weighted by atomic mass is 10.1. The lowest BCUT2D eigenvalue weighted by molar-refractivity contribution is -0.165. The minimum Gasteiger partial charge on any atom is -0.389 e. The van der Waals surface area contributed by atoms with E-state index in [4.69, 9.17) is 5.21 Å². The number of hydrogen-bond donors (Lipinski definition) is 4. The molecular formula is C8H16N2O4. The van der Waals surface area contributed by atoms with Gasteiger partial charge in [-0.3, -0.25) is 10.0 Å². The Morgan fingerprint density at radius 3 is 2.36 bits per heavy atom. The number of hydroxylamine groups is 2. The molecule has 0 aromatic rings. The molecule has 4 N–H and O–H groups in total. The lowest BCUT2D eigenvalue weighted by Crippen LogP contribution is -2.44. The molecule has 1 aliphatic heterocycles. The van der Waals surface area contributed by atoms with Gasteiger partial charge in [-0.05, 0) is 6.92 Å². The smallest absolute Gasteiger partial charge is 0.242 e. The van der Waals surface area contributed by atoms with Crippen molar-refractivity contribution in [2.45, 2.75) is 38.1 Å². The van der Waals surface area contributed by atoms with Gasteiger partial charge in [0, 0.05) is 13.0 Å². The van der Waals surface area contributed by atoms with Crippen LogP contribution in [0.5, 0.6) is 0 Å². The number of carbonyl (C=O) groups excluding carboxylic acids is 1. The second-order valence-corrected chi connectivity index (χ2v) is 3.64. The average Bonchev–Trinajstić information content (AvgIpc) is 2.33. The SMILES string of the molecule is CC(=O)N(O)C[C@H]1N[C@@H](C)[C@@H](O)[C@@H]1O. The summed E-state index contributed by atoms with van der Waals surface area (Å²) in [6.07, 6.45) is -1.82. The molecule has 6 nitrogen and oxygen atoms in total. The van der Waals surface area contributed by atoms with Crippen molar-refractivity contribution in [3.8, 4) is 0 Å². The molecular weight excluding hydrogens is 188 g/mol. The predicted molar refractivity (Wildman–Crippen MR) is 47.6 cm³/mol. The van der Waals surface area contributed by atoms with Crippen LogP contribution < -0.4 is 5.32 Å². The number of hydrogen-bond acceptors (Lipinski definition) is 5. The van der Waals surface area contributed by atoms with Crippen molar-refractivity contribution in [2.24, 2.45) is 0 Å². The molecule has 1 aliphatic rings. The summed E-state index contributed by atoms with van der Waals surface area (Å²) in [5.74, 6) is -0.493. The number of aliphatic hydroxyl groups is 2. The van der Waals surface area contributed by atoms with E-state index in [1.54, 1.807) is 6.92 Å². The number of amides is 1. The topological polar surface area (TPSA) is 93.0 Å². The molecule has 1 heterocycles. The Morgan fingerprint density at radius 1 is 1.43 bits per heavy atom. The van der Waals surface area contributed by atoms with E-state index in [1.165, 1.54) is 6.92 Å².